The van der Waals surface area contributed by atoms with Crippen molar-refractivity contribution in [3.05, 3.63) is 10.5 Å². The molecule has 0 bridgehead atoms. The molecule has 1 aromatic heterocycles. The van der Waals surface area contributed by atoms with Crippen molar-refractivity contribution in [3.8, 4) is 0 Å². The lowest BCUT2D eigenvalue weighted by atomic mass is 10.0. The van der Waals surface area contributed by atoms with Crippen LogP contribution in [-0.2, 0) is 4.74 Å². The Hall–Kier alpha value is -1.87. The van der Waals surface area contributed by atoms with Crippen molar-refractivity contribution in [1.82, 2.24) is 10.3 Å². The molecule has 0 unspecified atom stereocenters. The summed E-state index contributed by atoms with van der Waals surface area (Å²) in [5.41, 5.74) is 1.61. The highest BCUT2D eigenvalue weighted by atomic mass is 79.9. The number of benzene rings is 1. The summed E-state index contributed by atoms with van der Waals surface area (Å²) in [4.78, 5) is 15.2. The van der Waals surface area contributed by atoms with Gasteiger partial charge in [-0.25, -0.2) is 9.42 Å². The maximum atomic E-state index is 11.8. The molecule has 1 N–H and O–H groups in total. The van der Waals surface area contributed by atoms with E-state index in [4.69, 9.17) is 9.37 Å². The molecule has 1 amide bonds. The van der Waals surface area contributed by atoms with Crippen molar-refractivity contribution in [2.75, 3.05) is 36.1 Å². The van der Waals surface area contributed by atoms with Gasteiger partial charge >= 0.3 is 6.09 Å². The molecule has 130 valence electrons. The van der Waals surface area contributed by atoms with Gasteiger partial charge in [-0.1, -0.05) is 0 Å². The van der Waals surface area contributed by atoms with Crippen LogP contribution in [0.3, 0.4) is 0 Å². The van der Waals surface area contributed by atoms with Crippen LogP contribution in [0.15, 0.2) is 15.2 Å². The number of aromatic nitrogens is 2. The number of morpholine rings is 1. The molecule has 24 heavy (non-hydrogen) atoms. The SMILES string of the molecule is CC(C)(C)N(C(=O)O)c1cc(Br)c(N2CCOCC2)c2nonc12. The van der Waals surface area contributed by atoms with E-state index >= 15 is 0 Å². The number of hydrogen-bond acceptors (Lipinski definition) is 6. The summed E-state index contributed by atoms with van der Waals surface area (Å²) in [6.07, 6.45) is -1.06. The van der Waals surface area contributed by atoms with E-state index in [9.17, 15) is 9.90 Å². The van der Waals surface area contributed by atoms with Gasteiger partial charge in [0.15, 0.2) is 11.0 Å². The molecule has 0 aliphatic carbocycles. The summed E-state index contributed by atoms with van der Waals surface area (Å²) < 4.78 is 11.1. The molecule has 8 nitrogen and oxygen atoms in total. The molecular formula is C15H19BrN4O4. The first-order valence-corrected chi connectivity index (χ1v) is 8.40. The molecule has 3 rings (SSSR count). The van der Waals surface area contributed by atoms with Gasteiger partial charge in [0.2, 0.25) is 0 Å². The van der Waals surface area contributed by atoms with Crippen molar-refractivity contribution < 1.29 is 19.3 Å². The van der Waals surface area contributed by atoms with E-state index in [1.54, 1.807) is 6.07 Å². The fourth-order valence-corrected chi connectivity index (χ4v) is 3.55. The lowest BCUT2D eigenvalue weighted by Gasteiger charge is -2.34. The van der Waals surface area contributed by atoms with Gasteiger partial charge in [0.1, 0.15) is 0 Å². The van der Waals surface area contributed by atoms with Crippen LogP contribution in [0.25, 0.3) is 11.0 Å². The van der Waals surface area contributed by atoms with Gasteiger partial charge in [0.05, 0.1) is 24.6 Å². The van der Waals surface area contributed by atoms with Crippen molar-refractivity contribution >= 4 is 44.4 Å². The number of hydrogen-bond donors (Lipinski definition) is 1. The highest BCUT2D eigenvalue weighted by Gasteiger charge is 2.32. The first kappa shape index (κ1) is 17.0. The Morgan fingerprint density at radius 1 is 1.29 bits per heavy atom. The highest BCUT2D eigenvalue weighted by molar-refractivity contribution is 9.10. The van der Waals surface area contributed by atoms with Gasteiger partial charge in [0, 0.05) is 23.1 Å². The van der Waals surface area contributed by atoms with Crippen LogP contribution >= 0.6 is 15.9 Å². The molecule has 0 spiro atoms. The summed E-state index contributed by atoms with van der Waals surface area (Å²) in [6, 6.07) is 1.76. The number of ether oxygens (including phenoxy) is 1. The van der Waals surface area contributed by atoms with Crippen LogP contribution in [-0.4, -0.2) is 53.4 Å². The minimum Gasteiger partial charge on any atom is -0.465 e. The van der Waals surface area contributed by atoms with Crippen molar-refractivity contribution in [3.63, 3.8) is 0 Å². The van der Waals surface area contributed by atoms with Gasteiger partial charge in [-0.15, -0.1) is 0 Å². The number of nitrogens with zero attached hydrogens (tertiary/aromatic N) is 4. The summed E-state index contributed by atoms with van der Waals surface area (Å²) >= 11 is 3.56. The molecular weight excluding hydrogens is 380 g/mol. The standard InChI is InChI=1S/C15H19BrN4O4/c1-15(2,3)20(14(21)22)10-8-9(16)13(12-11(10)17-24-18-12)19-4-6-23-7-5-19/h8H,4-7H2,1-3H3,(H,21,22). The molecule has 1 aromatic carbocycles. The Morgan fingerprint density at radius 3 is 2.50 bits per heavy atom. The quantitative estimate of drug-likeness (QED) is 0.830. The Kier molecular flexibility index (Phi) is 4.39. The minimum absolute atomic E-state index is 0.428. The summed E-state index contributed by atoms with van der Waals surface area (Å²) in [5.74, 6) is 0. The van der Waals surface area contributed by atoms with Gasteiger partial charge in [0.25, 0.3) is 0 Å². The zero-order valence-corrected chi connectivity index (χ0v) is 15.3. The van der Waals surface area contributed by atoms with E-state index in [1.807, 2.05) is 20.8 Å². The lowest BCUT2D eigenvalue weighted by molar-refractivity contribution is 0.122. The molecule has 0 radical (unpaired) electrons. The van der Waals surface area contributed by atoms with Crippen LogP contribution in [0.1, 0.15) is 20.8 Å². The molecule has 9 heteroatoms. The van der Waals surface area contributed by atoms with Crippen LogP contribution < -0.4 is 9.80 Å². The maximum absolute atomic E-state index is 11.8. The van der Waals surface area contributed by atoms with Gasteiger partial charge in [-0.3, -0.25) is 4.90 Å². The second kappa shape index (κ2) is 6.21. The van der Waals surface area contributed by atoms with Gasteiger partial charge in [-0.2, -0.15) is 0 Å². The number of carboxylic acid groups (broad SMARTS) is 1. The van der Waals surface area contributed by atoms with E-state index in [-0.39, 0.29) is 0 Å². The fourth-order valence-electron chi connectivity index (χ4n) is 2.89. The third-order valence-electron chi connectivity index (χ3n) is 3.88. The normalized spacial score (nSPS) is 15.8. The van der Waals surface area contributed by atoms with Crippen LogP contribution in [0, 0.1) is 0 Å². The number of amides is 1. The maximum Gasteiger partial charge on any atom is 0.412 e. The first-order chi connectivity index (χ1) is 11.3. The molecule has 0 atom stereocenters. The largest absolute Gasteiger partial charge is 0.465 e. The number of anilines is 2. The topological polar surface area (TPSA) is 91.9 Å². The summed E-state index contributed by atoms with van der Waals surface area (Å²) in [7, 11) is 0. The van der Waals surface area contributed by atoms with Crippen LogP contribution in [0.5, 0.6) is 0 Å². The van der Waals surface area contributed by atoms with Gasteiger partial charge < -0.3 is 14.7 Å². The second-order valence-corrected chi connectivity index (χ2v) is 7.43. The monoisotopic (exact) mass is 398 g/mol. The minimum atomic E-state index is -1.06. The van der Waals surface area contributed by atoms with E-state index < -0.39 is 11.6 Å². The zero-order chi connectivity index (χ0) is 17.5. The Morgan fingerprint density at radius 2 is 1.92 bits per heavy atom. The van der Waals surface area contributed by atoms with Crippen molar-refractivity contribution in [2.45, 2.75) is 26.3 Å². The predicted molar refractivity (Wildman–Crippen MR) is 92.8 cm³/mol. The average molecular weight is 399 g/mol. The Bertz CT molecular complexity index is 765. The summed E-state index contributed by atoms with van der Waals surface area (Å²) in [5, 5.41) is 17.7. The van der Waals surface area contributed by atoms with Crippen LogP contribution in [0.4, 0.5) is 16.2 Å². The predicted octanol–water partition coefficient (Wildman–Crippen LogP) is 3.10. The van der Waals surface area contributed by atoms with Gasteiger partial charge in [-0.05, 0) is 53.1 Å². The van der Waals surface area contributed by atoms with E-state index in [0.29, 0.717) is 29.9 Å². The third-order valence-corrected chi connectivity index (χ3v) is 4.48. The van der Waals surface area contributed by atoms with Crippen molar-refractivity contribution in [1.29, 1.82) is 0 Å². The Labute approximate surface area is 147 Å². The second-order valence-electron chi connectivity index (χ2n) is 6.58. The van der Waals surface area contributed by atoms with E-state index in [0.717, 1.165) is 23.2 Å². The summed E-state index contributed by atoms with van der Waals surface area (Å²) in [6.45, 7) is 8.18. The smallest absolute Gasteiger partial charge is 0.412 e. The molecule has 1 fully saturated rings. The number of fused-ring (bicyclic) bond motifs is 1. The van der Waals surface area contributed by atoms with E-state index in [1.165, 1.54) is 4.90 Å². The molecule has 1 aliphatic heterocycles. The van der Waals surface area contributed by atoms with Crippen molar-refractivity contribution in [2.24, 2.45) is 0 Å². The number of rotatable bonds is 2. The lowest BCUT2D eigenvalue weighted by Crippen LogP contribution is -2.45. The average Bonchev–Trinajstić information content (AvgIpc) is 2.95. The van der Waals surface area contributed by atoms with Crippen LogP contribution in [0.2, 0.25) is 0 Å². The Balaban J connectivity index is 2.19. The zero-order valence-electron chi connectivity index (χ0n) is 13.7. The number of carbonyl (C=O) groups is 1. The molecule has 2 heterocycles. The highest BCUT2D eigenvalue weighted by Crippen LogP contribution is 2.41. The molecule has 0 saturated carbocycles. The van der Waals surface area contributed by atoms with E-state index in [2.05, 4.69) is 31.1 Å². The molecule has 1 aliphatic rings. The number of halogens is 1. The molecule has 2 aromatic rings. The fraction of sp³-hybridized carbons (Fsp3) is 0.533. The first-order valence-electron chi connectivity index (χ1n) is 7.61. The molecule has 1 saturated heterocycles. The third kappa shape index (κ3) is 2.93.